The molecule has 0 bridgehead atoms. The van der Waals surface area contributed by atoms with Gasteiger partial charge in [-0.3, -0.25) is 10.1 Å². The number of amides is 3. The summed E-state index contributed by atoms with van der Waals surface area (Å²) in [6.07, 6.45) is -3.78. The Labute approximate surface area is 161 Å². The van der Waals surface area contributed by atoms with E-state index in [4.69, 9.17) is 9.47 Å². The smallest absolute Gasteiger partial charge is 0.417 e. The van der Waals surface area contributed by atoms with Crippen molar-refractivity contribution in [2.75, 3.05) is 24.3 Å². The molecule has 1 aliphatic heterocycles. The number of nitrogens with zero attached hydrogens (tertiary/aromatic N) is 1. The molecule has 1 aliphatic rings. The van der Waals surface area contributed by atoms with Gasteiger partial charge in [0.05, 0.1) is 16.3 Å². The largest absolute Gasteiger partial charge is 0.486 e. The number of carbonyl (C=O) groups is 2. The Morgan fingerprint density at radius 1 is 1.11 bits per heavy atom. The van der Waals surface area contributed by atoms with Gasteiger partial charge in [-0.25, -0.2) is 9.78 Å². The van der Waals surface area contributed by atoms with Crippen LogP contribution < -0.4 is 20.1 Å². The van der Waals surface area contributed by atoms with Crippen LogP contribution in [0.3, 0.4) is 0 Å². The topological polar surface area (TPSA) is 89.6 Å². The van der Waals surface area contributed by atoms with Gasteiger partial charge in [0.1, 0.15) is 13.2 Å². The van der Waals surface area contributed by atoms with Crippen molar-refractivity contribution >= 4 is 29.4 Å². The number of hydrogen-bond donors (Lipinski definition) is 2. The average Bonchev–Trinajstić information content (AvgIpc) is 2.66. The van der Waals surface area contributed by atoms with Crippen LogP contribution in [0.25, 0.3) is 0 Å². The number of urea groups is 1. The molecule has 148 valence electrons. The molecule has 0 atom stereocenters. The molecule has 2 N–H and O–H groups in total. The zero-order chi connectivity index (χ0) is 20.1. The number of thioether (sulfide) groups is 1. The minimum atomic E-state index is -4.47. The molecular formula is C17H14F3N3O4S. The van der Waals surface area contributed by atoms with Gasteiger partial charge in [0.25, 0.3) is 0 Å². The number of ether oxygens (including phenoxy) is 2. The van der Waals surface area contributed by atoms with E-state index in [2.05, 4.69) is 15.6 Å². The summed E-state index contributed by atoms with van der Waals surface area (Å²) in [6, 6.07) is 6.09. The Morgan fingerprint density at radius 2 is 1.86 bits per heavy atom. The number of aromatic nitrogens is 1. The highest BCUT2D eigenvalue weighted by Gasteiger charge is 2.30. The molecule has 0 spiro atoms. The third-order valence-corrected chi connectivity index (χ3v) is 4.41. The minimum absolute atomic E-state index is 0.188. The molecule has 1 aromatic heterocycles. The van der Waals surface area contributed by atoms with Crippen LogP contribution in [0, 0.1) is 0 Å². The Hall–Kier alpha value is -2.95. The molecule has 3 rings (SSSR count). The number of nitrogens with one attached hydrogen (secondary N) is 2. The van der Waals surface area contributed by atoms with E-state index in [1.807, 2.05) is 0 Å². The lowest BCUT2D eigenvalue weighted by Crippen LogP contribution is -2.35. The highest BCUT2D eigenvalue weighted by atomic mass is 32.2. The van der Waals surface area contributed by atoms with Crippen molar-refractivity contribution in [2.45, 2.75) is 11.2 Å². The molecule has 2 heterocycles. The number of pyridine rings is 1. The number of rotatable bonds is 4. The number of hydrogen-bond acceptors (Lipinski definition) is 6. The van der Waals surface area contributed by atoms with Gasteiger partial charge in [0.15, 0.2) is 11.5 Å². The lowest BCUT2D eigenvalue weighted by molar-refractivity contribution is -0.137. The maximum absolute atomic E-state index is 12.5. The molecule has 0 fully saturated rings. The van der Waals surface area contributed by atoms with E-state index in [1.165, 1.54) is 0 Å². The second-order valence-electron chi connectivity index (χ2n) is 5.53. The molecule has 0 saturated carbocycles. The van der Waals surface area contributed by atoms with Crippen LogP contribution in [0.2, 0.25) is 0 Å². The molecular weight excluding hydrogens is 399 g/mol. The Balaban J connectivity index is 1.47. The average molecular weight is 413 g/mol. The summed E-state index contributed by atoms with van der Waals surface area (Å²) in [7, 11) is 0. The number of anilines is 1. The maximum Gasteiger partial charge on any atom is 0.417 e. The van der Waals surface area contributed by atoms with Gasteiger partial charge in [-0.15, -0.1) is 0 Å². The van der Waals surface area contributed by atoms with Crippen molar-refractivity contribution < 1.29 is 32.2 Å². The van der Waals surface area contributed by atoms with Crippen molar-refractivity contribution in [3.8, 4) is 11.5 Å². The van der Waals surface area contributed by atoms with E-state index in [-0.39, 0.29) is 10.8 Å². The van der Waals surface area contributed by atoms with Crippen LogP contribution in [-0.4, -0.2) is 35.9 Å². The number of halogens is 3. The second kappa shape index (κ2) is 8.38. The summed E-state index contributed by atoms with van der Waals surface area (Å²) >= 11 is 0.908. The second-order valence-corrected chi connectivity index (χ2v) is 6.53. The van der Waals surface area contributed by atoms with E-state index in [0.29, 0.717) is 36.6 Å². The fourth-order valence-corrected chi connectivity index (χ4v) is 2.86. The van der Waals surface area contributed by atoms with Crippen LogP contribution >= 0.6 is 11.8 Å². The lowest BCUT2D eigenvalue weighted by atomic mass is 10.2. The molecule has 0 unspecified atom stereocenters. The Morgan fingerprint density at radius 3 is 2.54 bits per heavy atom. The van der Waals surface area contributed by atoms with Gasteiger partial charge in [-0.2, -0.15) is 13.2 Å². The lowest BCUT2D eigenvalue weighted by Gasteiger charge is -2.19. The zero-order valence-corrected chi connectivity index (χ0v) is 15.0. The highest BCUT2D eigenvalue weighted by Crippen LogP contribution is 2.32. The molecule has 11 heteroatoms. The monoisotopic (exact) mass is 413 g/mol. The number of benzene rings is 1. The first kappa shape index (κ1) is 19.8. The number of fused-ring (bicyclic) bond motifs is 1. The van der Waals surface area contributed by atoms with Crippen LogP contribution in [0.5, 0.6) is 11.5 Å². The van der Waals surface area contributed by atoms with E-state index >= 15 is 0 Å². The van der Waals surface area contributed by atoms with E-state index in [9.17, 15) is 22.8 Å². The fraction of sp³-hybridized carbons (Fsp3) is 0.235. The van der Waals surface area contributed by atoms with E-state index in [1.54, 1.807) is 18.2 Å². The van der Waals surface area contributed by atoms with Gasteiger partial charge in [-0.1, -0.05) is 11.8 Å². The van der Waals surface area contributed by atoms with Gasteiger partial charge in [0.2, 0.25) is 5.91 Å². The normalized spacial score (nSPS) is 13.0. The van der Waals surface area contributed by atoms with Crippen LogP contribution in [0.4, 0.5) is 23.7 Å². The SMILES string of the molecule is O=C(CSc1ccc(C(F)(F)F)cn1)NC(=O)Nc1ccc2c(c1)OCCO2. The van der Waals surface area contributed by atoms with Crippen molar-refractivity contribution in [3.63, 3.8) is 0 Å². The molecule has 0 aliphatic carbocycles. The van der Waals surface area contributed by atoms with Gasteiger partial charge >= 0.3 is 12.2 Å². The molecule has 28 heavy (non-hydrogen) atoms. The molecule has 0 radical (unpaired) electrons. The van der Waals surface area contributed by atoms with Gasteiger partial charge in [-0.05, 0) is 24.3 Å². The molecule has 1 aromatic carbocycles. The predicted octanol–water partition coefficient (Wildman–Crippen LogP) is 3.31. The number of imide groups is 1. The summed E-state index contributed by atoms with van der Waals surface area (Å²) in [6.45, 7) is 0.844. The van der Waals surface area contributed by atoms with Gasteiger partial charge < -0.3 is 14.8 Å². The highest BCUT2D eigenvalue weighted by molar-refractivity contribution is 7.99. The van der Waals surface area contributed by atoms with Crippen LogP contribution in [0.1, 0.15) is 5.56 Å². The molecule has 7 nitrogen and oxygen atoms in total. The summed E-state index contributed by atoms with van der Waals surface area (Å²) in [4.78, 5) is 27.4. The standard InChI is InChI=1S/C17H14F3N3O4S/c18-17(19,20)10-1-4-15(21-8-10)28-9-14(24)23-16(25)22-11-2-3-12-13(7-11)27-6-5-26-12/h1-4,7-8H,5-6,9H2,(H2,22,23,24,25). The molecule has 3 amide bonds. The maximum atomic E-state index is 12.5. The first-order chi connectivity index (χ1) is 13.3. The number of alkyl halides is 3. The van der Waals surface area contributed by atoms with Crippen molar-refractivity contribution in [1.82, 2.24) is 10.3 Å². The third-order valence-electron chi connectivity index (χ3n) is 3.47. The van der Waals surface area contributed by atoms with Crippen LogP contribution in [0.15, 0.2) is 41.6 Å². The first-order valence-corrected chi connectivity index (χ1v) is 8.96. The molecule has 0 saturated heterocycles. The first-order valence-electron chi connectivity index (χ1n) is 7.98. The van der Waals surface area contributed by atoms with E-state index in [0.717, 1.165) is 23.9 Å². The summed E-state index contributed by atoms with van der Waals surface area (Å²) in [5.41, 5.74) is -0.466. The molecule has 2 aromatic rings. The third kappa shape index (κ3) is 5.28. The predicted molar refractivity (Wildman–Crippen MR) is 94.6 cm³/mol. The van der Waals surface area contributed by atoms with Crippen molar-refractivity contribution in [3.05, 3.63) is 42.1 Å². The summed E-state index contributed by atoms with van der Waals surface area (Å²) in [5, 5.41) is 4.85. The van der Waals surface area contributed by atoms with Crippen molar-refractivity contribution in [1.29, 1.82) is 0 Å². The number of carbonyl (C=O) groups excluding carboxylic acids is 2. The van der Waals surface area contributed by atoms with Crippen LogP contribution in [-0.2, 0) is 11.0 Å². The van der Waals surface area contributed by atoms with Gasteiger partial charge in [0, 0.05) is 18.0 Å². The Kier molecular flexibility index (Phi) is 5.93. The zero-order valence-electron chi connectivity index (χ0n) is 14.2. The van der Waals surface area contributed by atoms with E-state index < -0.39 is 23.7 Å². The minimum Gasteiger partial charge on any atom is -0.486 e. The van der Waals surface area contributed by atoms with Crippen molar-refractivity contribution in [2.24, 2.45) is 0 Å². The fourth-order valence-electron chi connectivity index (χ4n) is 2.22. The quantitative estimate of drug-likeness (QED) is 0.748. The Bertz CT molecular complexity index is 875. The summed E-state index contributed by atoms with van der Waals surface area (Å²) in [5.74, 6) is 0.238. The summed E-state index contributed by atoms with van der Waals surface area (Å²) < 4.78 is 48.2.